The van der Waals surface area contributed by atoms with Gasteiger partial charge in [0.05, 0.1) is 5.69 Å². The van der Waals surface area contributed by atoms with E-state index in [1.807, 2.05) is 13.8 Å². The highest BCUT2D eigenvalue weighted by Crippen LogP contribution is 2.34. The van der Waals surface area contributed by atoms with Gasteiger partial charge in [-0.3, -0.25) is 0 Å². The molecule has 7 heteroatoms. The van der Waals surface area contributed by atoms with Crippen molar-refractivity contribution < 1.29 is 12.8 Å². The third kappa shape index (κ3) is 2.55. The van der Waals surface area contributed by atoms with Gasteiger partial charge in [-0.05, 0) is 18.8 Å². The van der Waals surface area contributed by atoms with E-state index in [-0.39, 0.29) is 12.0 Å². The van der Waals surface area contributed by atoms with E-state index in [0.717, 1.165) is 18.5 Å². The van der Waals surface area contributed by atoms with Crippen LogP contribution < -0.4 is 0 Å². The molecule has 0 saturated carbocycles. The average molecular weight is 293 g/mol. The molecule has 0 radical (unpaired) electrons. The lowest BCUT2D eigenvalue weighted by Gasteiger charge is -2.20. The SMILES string of the molecule is CC(C)c1coc([C@@H]2CCCN2S(=O)(=O)CCl)n1. The van der Waals surface area contributed by atoms with Crippen LogP contribution in [0.1, 0.15) is 50.2 Å². The van der Waals surface area contributed by atoms with E-state index in [2.05, 4.69) is 4.98 Å². The van der Waals surface area contributed by atoms with E-state index in [4.69, 9.17) is 16.0 Å². The van der Waals surface area contributed by atoms with Gasteiger partial charge in [-0.15, -0.1) is 11.6 Å². The van der Waals surface area contributed by atoms with Crippen LogP contribution in [-0.4, -0.2) is 29.5 Å². The lowest BCUT2D eigenvalue weighted by Crippen LogP contribution is -2.31. The predicted octanol–water partition coefficient (Wildman–Crippen LogP) is 2.46. The molecular weight excluding hydrogens is 276 g/mol. The minimum absolute atomic E-state index is 0.266. The van der Waals surface area contributed by atoms with E-state index in [1.54, 1.807) is 6.26 Å². The van der Waals surface area contributed by atoms with Gasteiger partial charge in [-0.2, -0.15) is 4.31 Å². The first-order chi connectivity index (χ1) is 8.45. The molecule has 102 valence electrons. The fourth-order valence-corrected chi connectivity index (χ4v) is 3.59. The molecule has 1 aliphatic heterocycles. The Labute approximate surface area is 112 Å². The Morgan fingerprint density at radius 1 is 1.61 bits per heavy atom. The van der Waals surface area contributed by atoms with Gasteiger partial charge in [0.1, 0.15) is 17.5 Å². The summed E-state index contributed by atoms with van der Waals surface area (Å²) in [7, 11) is -3.41. The number of halogens is 1. The van der Waals surface area contributed by atoms with Crippen molar-refractivity contribution in [2.45, 2.75) is 38.6 Å². The Morgan fingerprint density at radius 3 is 2.89 bits per heavy atom. The lowest BCUT2D eigenvalue weighted by molar-refractivity contribution is 0.330. The largest absolute Gasteiger partial charge is 0.447 e. The Morgan fingerprint density at radius 2 is 2.33 bits per heavy atom. The first-order valence-corrected chi connectivity index (χ1v) is 8.11. The van der Waals surface area contributed by atoms with Crippen LogP contribution in [0.2, 0.25) is 0 Å². The number of alkyl halides is 1. The molecule has 0 amide bonds. The minimum Gasteiger partial charge on any atom is -0.447 e. The van der Waals surface area contributed by atoms with Crippen LogP contribution in [0.4, 0.5) is 0 Å². The van der Waals surface area contributed by atoms with Crippen molar-refractivity contribution in [2.75, 3.05) is 11.8 Å². The monoisotopic (exact) mass is 292 g/mol. The van der Waals surface area contributed by atoms with Crippen LogP contribution in [0, 0.1) is 0 Å². The van der Waals surface area contributed by atoms with Gasteiger partial charge in [0.25, 0.3) is 0 Å². The summed E-state index contributed by atoms with van der Waals surface area (Å²) in [5.74, 6) is 0.742. The third-order valence-electron chi connectivity index (χ3n) is 3.12. The second-order valence-corrected chi connectivity index (χ2v) is 7.26. The van der Waals surface area contributed by atoms with Gasteiger partial charge in [0.15, 0.2) is 0 Å². The van der Waals surface area contributed by atoms with E-state index in [9.17, 15) is 8.42 Å². The number of hydrogen-bond donors (Lipinski definition) is 0. The summed E-state index contributed by atoms with van der Waals surface area (Å²) in [5.41, 5.74) is 0.847. The number of rotatable bonds is 4. The van der Waals surface area contributed by atoms with Gasteiger partial charge in [-0.25, -0.2) is 13.4 Å². The van der Waals surface area contributed by atoms with Crippen molar-refractivity contribution in [3.8, 4) is 0 Å². The van der Waals surface area contributed by atoms with Gasteiger partial charge in [0.2, 0.25) is 15.9 Å². The zero-order chi connectivity index (χ0) is 13.3. The zero-order valence-electron chi connectivity index (χ0n) is 10.5. The summed E-state index contributed by atoms with van der Waals surface area (Å²) in [6.07, 6.45) is 3.14. The second-order valence-electron chi connectivity index (χ2n) is 4.76. The zero-order valence-corrected chi connectivity index (χ0v) is 12.0. The first-order valence-electron chi connectivity index (χ1n) is 5.96. The minimum atomic E-state index is -3.41. The summed E-state index contributed by atoms with van der Waals surface area (Å²) in [5, 5.41) is -0.402. The van der Waals surface area contributed by atoms with Gasteiger partial charge < -0.3 is 4.42 Å². The molecule has 1 aromatic rings. The van der Waals surface area contributed by atoms with Crippen molar-refractivity contribution in [1.29, 1.82) is 0 Å². The highest BCUT2D eigenvalue weighted by atomic mass is 35.5. The smallest absolute Gasteiger partial charge is 0.228 e. The number of aromatic nitrogens is 1. The normalized spacial score (nSPS) is 21.9. The summed E-state index contributed by atoms with van der Waals surface area (Å²) >= 11 is 5.50. The molecule has 2 rings (SSSR count). The summed E-state index contributed by atoms with van der Waals surface area (Å²) < 4.78 is 30.5. The Bertz CT molecular complexity index is 512. The maximum atomic E-state index is 11.9. The molecule has 18 heavy (non-hydrogen) atoms. The standard InChI is InChI=1S/C11H17ClN2O3S/c1-8(2)9-6-17-11(13-9)10-4-3-5-14(10)18(15,16)7-12/h6,8,10H,3-5,7H2,1-2H3/t10-/m0/s1. The molecular formula is C11H17ClN2O3S. The molecule has 5 nitrogen and oxygen atoms in total. The van der Waals surface area contributed by atoms with Crippen molar-refractivity contribution in [3.05, 3.63) is 17.8 Å². The molecule has 0 N–H and O–H groups in total. The molecule has 0 aliphatic carbocycles. The fraction of sp³-hybridized carbons (Fsp3) is 0.727. The van der Waals surface area contributed by atoms with Crippen LogP contribution in [-0.2, 0) is 10.0 Å². The number of nitrogens with zero attached hydrogens (tertiary/aromatic N) is 2. The van der Waals surface area contributed by atoms with E-state index in [0.29, 0.717) is 12.4 Å². The number of hydrogen-bond acceptors (Lipinski definition) is 4. The first kappa shape index (κ1) is 13.8. The molecule has 0 aromatic carbocycles. The van der Waals surface area contributed by atoms with Crippen LogP contribution in [0.25, 0.3) is 0 Å². The maximum absolute atomic E-state index is 11.9. The molecule has 2 heterocycles. The van der Waals surface area contributed by atoms with Gasteiger partial charge in [0, 0.05) is 6.54 Å². The molecule has 0 spiro atoms. The molecule has 1 fully saturated rings. The van der Waals surface area contributed by atoms with Gasteiger partial charge >= 0.3 is 0 Å². The number of oxazole rings is 1. The topological polar surface area (TPSA) is 63.4 Å². The van der Waals surface area contributed by atoms with E-state index < -0.39 is 15.2 Å². The van der Waals surface area contributed by atoms with Gasteiger partial charge in [-0.1, -0.05) is 13.8 Å². The Kier molecular flexibility index (Phi) is 3.99. The van der Waals surface area contributed by atoms with E-state index in [1.165, 1.54) is 4.31 Å². The predicted molar refractivity (Wildman–Crippen MR) is 68.9 cm³/mol. The molecule has 1 aromatic heterocycles. The maximum Gasteiger partial charge on any atom is 0.228 e. The summed E-state index contributed by atoms with van der Waals surface area (Å²) in [6.45, 7) is 4.52. The highest BCUT2D eigenvalue weighted by Gasteiger charge is 2.37. The molecule has 0 bridgehead atoms. The Balaban J connectivity index is 2.26. The molecule has 1 aliphatic rings. The summed E-state index contributed by atoms with van der Waals surface area (Å²) in [6, 6.07) is -0.304. The van der Waals surface area contributed by atoms with Crippen molar-refractivity contribution >= 4 is 21.6 Å². The lowest BCUT2D eigenvalue weighted by atomic mass is 10.1. The van der Waals surface area contributed by atoms with E-state index >= 15 is 0 Å². The van der Waals surface area contributed by atoms with Crippen LogP contribution in [0.15, 0.2) is 10.7 Å². The van der Waals surface area contributed by atoms with Crippen molar-refractivity contribution in [2.24, 2.45) is 0 Å². The molecule has 0 unspecified atom stereocenters. The number of sulfonamides is 1. The molecule has 1 saturated heterocycles. The van der Waals surface area contributed by atoms with Crippen LogP contribution >= 0.6 is 11.6 Å². The second kappa shape index (κ2) is 5.19. The molecule has 1 atom stereocenters. The average Bonchev–Trinajstić information content (AvgIpc) is 2.97. The van der Waals surface area contributed by atoms with Crippen LogP contribution in [0.5, 0.6) is 0 Å². The highest BCUT2D eigenvalue weighted by molar-refractivity contribution is 7.90. The third-order valence-corrected chi connectivity index (χ3v) is 5.37. The van der Waals surface area contributed by atoms with Crippen molar-refractivity contribution in [1.82, 2.24) is 9.29 Å². The fourth-order valence-electron chi connectivity index (χ4n) is 2.10. The Hall–Kier alpha value is -0.590. The van der Waals surface area contributed by atoms with Crippen molar-refractivity contribution in [3.63, 3.8) is 0 Å². The summed E-state index contributed by atoms with van der Waals surface area (Å²) in [4.78, 5) is 4.37. The quantitative estimate of drug-likeness (QED) is 0.800. The van der Waals surface area contributed by atoms with Crippen LogP contribution in [0.3, 0.4) is 0 Å².